The number of aromatic nitrogens is 4. The highest BCUT2D eigenvalue weighted by atomic mass is 32.1. The van der Waals surface area contributed by atoms with Crippen LogP contribution in [0.25, 0.3) is 0 Å². The van der Waals surface area contributed by atoms with E-state index in [1.54, 1.807) is 28.0 Å². The van der Waals surface area contributed by atoms with Crippen molar-refractivity contribution in [1.29, 1.82) is 0 Å². The summed E-state index contributed by atoms with van der Waals surface area (Å²) < 4.78 is 1.71. The maximum absolute atomic E-state index is 12.3. The minimum atomic E-state index is -0.739. The molecule has 2 aromatic heterocycles. The second-order valence-electron chi connectivity index (χ2n) is 6.34. The predicted octanol–water partition coefficient (Wildman–Crippen LogP) is 0.201. The van der Waals surface area contributed by atoms with Crippen LogP contribution in [0.15, 0.2) is 23.3 Å². The van der Waals surface area contributed by atoms with E-state index in [9.17, 15) is 14.7 Å². The van der Waals surface area contributed by atoms with Gasteiger partial charge in [-0.15, -0.1) is 16.4 Å². The number of hydrogen-bond acceptors (Lipinski definition) is 7. The third kappa shape index (κ3) is 4.85. The monoisotopic (exact) mass is 378 g/mol. The Balaban J connectivity index is 1.38. The Labute approximate surface area is 154 Å². The molecule has 3 rings (SSSR count). The third-order valence-electron chi connectivity index (χ3n) is 4.50. The number of aliphatic hydroxyl groups is 1. The summed E-state index contributed by atoms with van der Waals surface area (Å²) in [5, 5.41) is 25.3. The summed E-state index contributed by atoms with van der Waals surface area (Å²) in [5.74, 6) is -0.568. The van der Waals surface area contributed by atoms with E-state index in [0.29, 0.717) is 38.0 Å². The molecule has 0 aliphatic heterocycles. The molecule has 1 saturated carbocycles. The van der Waals surface area contributed by atoms with Gasteiger partial charge in [0, 0.05) is 30.6 Å². The summed E-state index contributed by atoms with van der Waals surface area (Å²) in [6.45, 7) is 1.24. The lowest BCUT2D eigenvalue weighted by molar-refractivity contribution is -0.127. The minimum Gasteiger partial charge on any atom is -0.391 e. The van der Waals surface area contributed by atoms with Gasteiger partial charge in [0.05, 0.1) is 23.9 Å². The van der Waals surface area contributed by atoms with E-state index < -0.39 is 6.10 Å². The van der Waals surface area contributed by atoms with Gasteiger partial charge in [0.25, 0.3) is 5.91 Å². The van der Waals surface area contributed by atoms with Crippen LogP contribution >= 0.6 is 11.3 Å². The van der Waals surface area contributed by atoms with Crippen LogP contribution in [0.3, 0.4) is 0 Å². The summed E-state index contributed by atoms with van der Waals surface area (Å²) in [7, 11) is 0. The summed E-state index contributed by atoms with van der Waals surface area (Å²) >= 11 is 1.35. The van der Waals surface area contributed by atoms with Crippen molar-refractivity contribution in [2.45, 2.75) is 44.4 Å². The molecule has 3 atom stereocenters. The number of thiazole rings is 1. The third-order valence-corrected chi connectivity index (χ3v) is 5.09. The predicted molar refractivity (Wildman–Crippen MR) is 94.4 cm³/mol. The summed E-state index contributed by atoms with van der Waals surface area (Å²) in [6.07, 6.45) is 4.96. The van der Waals surface area contributed by atoms with Gasteiger partial charge in [0.2, 0.25) is 5.91 Å². The standard InChI is InChI=1S/C16H22N6O3S/c23-14-8-11(15(24)17-4-1-6-22-7-5-19-21-22)2-3-12(14)20-16(25)13-9-26-10-18-13/h5,7,9-12,14,23H,1-4,6,8H2,(H,17,24)(H,20,25)/t11-,12-,14-/m0/s1. The number of carbonyl (C=O) groups excluding carboxylic acids is 2. The molecule has 3 N–H and O–H groups in total. The molecule has 2 aromatic rings. The number of amides is 2. The quantitative estimate of drug-likeness (QED) is 0.592. The lowest BCUT2D eigenvalue weighted by Gasteiger charge is -2.32. The highest BCUT2D eigenvalue weighted by Crippen LogP contribution is 2.25. The van der Waals surface area contributed by atoms with E-state index in [2.05, 4.69) is 25.9 Å². The Morgan fingerprint density at radius 3 is 2.96 bits per heavy atom. The van der Waals surface area contributed by atoms with Crippen LogP contribution < -0.4 is 10.6 Å². The minimum absolute atomic E-state index is 0.0491. The SMILES string of the molecule is O=C(N[C@H]1CC[C@H](C(=O)NCCCn2ccnn2)C[C@@H]1O)c1cscn1. The Bertz CT molecular complexity index is 706. The fraction of sp³-hybridized carbons (Fsp3) is 0.562. The van der Waals surface area contributed by atoms with Crippen LogP contribution in [-0.4, -0.2) is 55.6 Å². The van der Waals surface area contributed by atoms with Crippen LogP contribution in [0, 0.1) is 5.92 Å². The molecular formula is C16H22N6O3S. The average Bonchev–Trinajstić information content (AvgIpc) is 3.34. The van der Waals surface area contributed by atoms with E-state index in [4.69, 9.17) is 0 Å². The zero-order valence-corrected chi connectivity index (χ0v) is 15.1. The first kappa shape index (κ1) is 18.5. The number of aliphatic hydroxyl groups excluding tert-OH is 1. The van der Waals surface area contributed by atoms with Gasteiger partial charge in [-0.1, -0.05) is 5.21 Å². The molecular weight excluding hydrogens is 356 g/mol. The molecule has 0 spiro atoms. The molecule has 0 bridgehead atoms. The fourth-order valence-corrected chi connectivity index (χ4v) is 3.60. The van der Waals surface area contributed by atoms with Crippen molar-refractivity contribution in [3.05, 3.63) is 29.0 Å². The van der Waals surface area contributed by atoms with Crippen LogP contribution in [0.5, 0.6) is 0 Å². The van der Waals surface area contributed by atoms with Gasteiger partial charge in [-0.05, 0) is 25.7 Å². The molecule has 0 aromatic carbocycles. The largest absolute Gasteiger partial charge is 0.391 e. The Kier molecular flexibility index (Phi) is 6.29. The van der Waals surface area contributed by atoms with Crippen molar-refractivity contribution >= 4 is 23.2 Å². The number of aryl methyl sites for hydroxylation is 1. The highest BCUT2D eigenvalue weighted by molar-refractivity contribution is 7.07. The zero-order valence-electron chi connectivity index (χ0n) is 14.2. The molecule has 1 aliphatic carbocycles. The molecule has 2 amide bonds. The molecule has 0 unspecified atom stereocenters. The van der Waals surface area contributed by atoms with E-state index in [1.807, 2.05) is 0 Å². The summed E-state index contributed by atoms with van der Waals surface area (Å²) in [5.41, 5.74) is 1.95. The van der Waals surface area contributed by atoms with Gasteiger partial charge < -0.3 is 15.7 Å². The molecule has 9 nitrogen and oxygen atoms in total. The fourth-order valence-electron chi connectivity index (χ4n) is 3.07. The molecule has 26 heavy (non-hydrogen) atoms. The molecule has 140 valence electrons. The van der Waals surface area contributed by atoms with Gasteiger partial charge in [-0.2, -0.15) is 0 Å². The lowest BCUT2D eigenvalue weighted by atomic mass is 9.83. The van der Waals surface area contributed by atoms with E-state index in [1.165, 1.54) is 11.3 Å². The molecule has 2 heterocycles. The van der Waals surface area contributed by atoms with Crippen LogP contribution in [0.4, 0.5) is 0 Å². The van der Waals surface area contributed by atoms with E-state index in [0.717, 1.165) is 6.42 Å². The van der Waals surface area contributed by atoms with Gasteiger partial charge in [-0.3, -0.25) is 14.3 Å². The topological polar surface area (TPSA) is 122 Å². The molecule has 1 aliphatic rings. The first-order chi connectivity index (χ1) is 12.6. The first-order valence-corrected chi connectivity index (χ1v) is 9.56. The van der Waals surface area contributed by atoms with Crippen molar-refractivity contribution < 1.29 is 14.7 Å². The zero-order chi connectivity index (χ0) is 18.4. The number of nitrogens with zero attached hydrogens (tertiary/aromatic N) is 4. The molecule has 1 fully saturated rings. The Morgan fingerprint density at radius 2 is 2.27 bits per heavy atom. The van der Waals surface area contributed by atoms with E-state index in [-0.39, 0.29) is 23.8 Å². The van der Waals surface area contributed by atoms with Gasteiger partial charge >= 0.3 is 0 Å². The molecule has 0 saturated heterocycles. The van der Waals surface area contributed by atoms with Crippen molar-refractivity contribution in [1.82, 2.24) is 30.6 Å². The molecule has 10 heteroatoms. The van der Waals surface area contributed by atoms with Crippen molar-refractivity contribution in [2.75, 3.05) is 6.54 Å². The van der Waals surface area contributed by atoms with Crippen molar-refractivity contribution in [3.8, 4) is 0 Å². The van der Waals surface area contributed by atoms with Gasteiger partial charge in [-0.25, -0.2) is 4.98 Å². The van der Waals surface area contributed by atoms with Gasteiger partial charge in [0.1, 0.15) is 5.69 Å². The number of carbonyl (C=O) groups is 2. The smallest absolute Gasteiger partial charge is 0.271 e. The Morgan fingerprint density at radius 1 is 1.38 bits per heavy atom. The number of hydrogen-bond donors (Lipinski definition) is 3. The normalized spacial score (nSPS) is 22.7. The average molecular weight is 378 g/mol. The Hall–Kier alpha value is -2.33. The lowest BCUT2D eigenvalue weighted by Crippen LogP contribution is -2.49. The second-order valence-corrected chi connectivity index (χ2v) is 7.06. The first-order valence-electron chi connectivity index (χ1n) is 8.62. The highest BCUT2D eigenvalue weighted by Gasteiger charge is 2.33. The maximum Gasteiger partial charge on any atom is 0.271 e. The van der Waals surface area contributed by atoms with Crippen LogP contribution in [-0.2, 0) is 11.3 Å². The molecule has 0 radical (unpaired) electrons. The maximum atomic E-state index is 12.3. The second kappa shape index (κ2) is 8.86. The van der Waals surface area contributed by atoms with Crippen LogP contribution in [0.1, 0.15) is 36.2 Å². The number of nitrogens with one attached hydrogen (secondary N) is 2. The van der Waals surface area contributed by atoms with E-state index >= 15 is 0 Å². The summed E-state index contributed by atoms with van der Waals surface area (Å²) in [6, 6.07) is -0.347. The van der Waals surface area contributed by atoms with Crippen LogP contribution in [0.2, 0.25) is 0 Å². The van der Waals surface area contributed by atoms with Crippen molar-refractivity contribution in [3.63, 3.8) is 0 Å². The van der Waals surface area contributed by atoms with Gasteiger partial charge in [0.15, 0.2) is 0 Å². The number of rotatable bonds is 7. The summed E-state index contributed by atoms with van der Waals surface area (Å²) in [4.78, 5) is 28.3. The van der Waals surface area contributed by atoms with Crippen molar-refractivity contribution in [2.24, 2.45) is 5.92 Å².